The van der Waals surface area contributed by atoms with Crippen LogP contribution < -0.4 is 5.32 Å². The average Bonchev–Trinajstić information content (AvgIpc) is 3.36. The van der Waals surface area contributed by atoms with E-state index in [2.05, 4.69) is 30.7 Å². The zero-order valence-corrected chi connectivity index (χ0v) is 16.7. The van der Waals surface area contributed by atoms with E-state index in [0.717, 1.165) is 16.5 Å². The van der Waals surface area contributed by atoms with E-state index in [0.29, 0.717) is 16.4 Å². The maximum atomic E-state index is 13.0. The van der Waals surface area contributed by atoms with Crippen molar-refractivity contribution < 1.29 is 9.18 Å². The Hall–Kier alpha value is -3.18. The van der Waals surface area contributed by atoms with Gasteiger partial charge in [0, 0.05) is 30.7 Å². The third kappa shape index (κ3) is 4.46. The quantitative estimate of drug-likeness (QED) is 0.471. The summed E-state index contributed by atoms with van der Waals surface area (Å²) < 4.78 is 14.8. The summed E-state index contributed by atoms with van der Waals surface area (Å²) in [5.41, 5.74) is 1.42. The largest absolute Gasteiger partial charge is 0.320 e. The number of thioether (sulfide) groups is 1. The number of aromatic nitrogens is 6. The lowest BCUT2D eigenvalue weighted by molar-refractivity contribution is 0.102. The van der Waals surface area contributed by atoms with E-state index in [4.69, 9.17) is 0 Å². The second-order valence-corrected chi connectivity index (χ2v) is 7.86. The van der Waals surface area contributed by atoms with Crippen molar-refractivity contribution in [3.05, 3.63) is 64.6 Å². The molecular formula is C18H14FN7OS2. The second kappa shape index (κ2) is 8.45. The summed E-state index contributed by atoms with van der Waals surface area (Å²) in [6.07, 6.45) is 3.41. The zero-order valence-electron chi connectivity index (χ0n) is 15.1. The molecule has 4 aromatic rings. The number of pyridine rings is 1. The predicted molar refractivity (Wildman–Crippen MR) is 108 cm³/mol. The monoisotopic (exact) mass is 427 g/mol. The maximum Gasteiger partial charge on any atom is 0.286 e. The van der Waals surface area contributed by atoms with Gasteiger partial charge in [-0.25, -0.2) is 4.39 Å². The molecule has 1 amide bonds. The molecule has 29 heavy (non-hydrogen) atoms. The Morgan fingerprint density at radius 1 is 1.10 bits per heavy atom. The van der Waals surface area contributed by atoms with Crippen LogP contribution in [0.1, 0.15) is 14.8 Å². The molecule has 0 fully saturated rings. The molecule has 8 nitrogen and oxygen atoms in total. The SMILES string of the molecule is Cn1c(SCc2nnc(C(=O)Nc3ccc(F)cc3)s2)nnc1-c1ccncc1. The molecular weight excluding hydrogens is 413 g/mol. The van der Waals surface area contributed by atoms with Crippen molar-refractivity contribution in [3.8, 4) is 11.4 Å². The van der Waals surface area contributed by atoms with Crippen molar-refractivity contribution in [1.82, 2.24) is 29.9 Å². The lowest BCUT2D eigenvalue weighted by Gasteiger charge is -2.02. The normalized spacial score (nSPS) is 10.8. The number of hydrogen-bond acceptors (Lipinski definition) is 8. The smallest absolute Gasteiger partial charge is 0.286 e. The Bertz CT molecular complexity index is 1130. The molecule has 11 heteroatoms. The number of rotatable bonds is 6. The van der Waals surface area contributed by atoms with Gasteiger partial charge in [-0.05, 0) is 36.4 Å². The summed E-state index contributed by atoms with van der Waals surface area (Å²) in [5.74, 6) is 0.494. The van der Waals surface area contributed by atoms with E-state index in [1.807, 2.05) is 23.7 Å². The summed E-state index contributed by atoms with van der Waals surface area (Å²) in [6.45, 7) is 0. The molecule has 0 atom stereocenters. The molecule has 0 aliphatic heterocycles. The highest BCUT2D eigenvalue weighted by molar-refractivity contribution is 7.98. The van der Waals surface area contributed by atoms with E-state index in [1.165, 1.54) is 47.4 Å². The van der Waals surface area contributed by atoms with Crippen LogP contribution in [0.25, 0.3) is 11.4 Å². The van der Waals surface area contributed by atoms with Gasteiger partial charge in [0.05, 0.1) is 5.75 Å². The molecule has 146 valence electrons. The van der Waals surface area contributed by atoms with Crippen molar-refractivity contribution >= 4 is 34.7 Å². The number of carbonyl (C=O) groups excluding carboxylic acids is 1. The fourth-order valence-corrected chi connectivity index (χ4v) is 4.07. The molecule has 0 saturated carbocycles. The molecule has 0 radical (unpaired) electrons. The lowest BCUT2D eigenvalue weighted by Crippen LogP contribution is -2.11. The van der Waals surface area contributed by atoms with Crippen molar-refractivity contribution in [1.29, 1.82) is 0 Å². The van der Waals surface area contributed by atoms with Crippen molar-refractivity contribution in [3.63, 3.8) is 0 Å². The summed E-state index contributed by atoms with van der Waals surface area (Å²) in [5, 5.41) is 20.8. The number of amides is 1. The predicted octanol–water partition coefficient (Wildman–Crippen LogP) is 3.41. The van der Waals surface area contributed by atoms with Gasteiger partial charge in [-0.1, -0.05) is 23.1 Å². The second-order valence-electron chi connectivity index (χ2n) is 5.85. The van der Waals surface area contributed by atoms with Crippen molar-refractivity contribution in [2.45, 2.75) is 10.9 Å². The highest BCUT2D eigenvalue weighted by Gasteiger charge is 2.15. The lowest BCUT2D eigenvalue weighted by atomic mass is 10.2. The fraction of sp³-hybridized carbons (Fsp3) is 0.111. The molecule has 1 N–H and O–H groups in total. The molecule has 0 bridgehead atoms. The van der Waals surface area contributed by atoms with Gasteiger partial charge < -0.3 is 9.88 Å². The summed E-state index contributed by atoms with van der Waals surface area (Å²) in [6, 6.07) is 9.27. The number of anilines is 1. The van der Waals surface area contributed by atoms with Crippen LogP contribution in [0.5, 0.6) is 0 Å². The van der Waals surface area contributed by atoms with Crippen LogP contribution >= 0.6 is 23.1 Å². The van der Waals surface area contributed by atoms with Crippen LogP contribution in [-0.2, 0) is 12.8 Å². The third-order valence-electron chi connectivity index (χ3n) is 3.86. The molecule has 0 unspecified atom stereocenters. The summed E-state index contributed by atoms with van der Waals surface area (Å²) in [4.78, 5) is 16.3. The Kier molecular flexibility index (Phi) is 5.58. The minimum absolute atomic E-state index is 0.236. The van der Waals surface area contributed by atoms with Gasteiger partial charge in [-0.15, -0.1) is 20.4 Å². The van der Waals surface area contributed by atoms with Crippen molar-refractivity contribution in [2.75, 3.05) is 5.32 Å². The minimum atomic E-state index is -0.385. The third-order valence-corrected chi connectivity index (χ3v) is 6.00. The molecule has 4 rings (SSSR count). The fourth-order valence-electron chi connectivity index (χ4n) is 2.44. The van der Waals surface area contributed by atoms with Crippen LogP contribution in [0.4, 0.5) is 10.1 Å². The van der Waals surface area contributed by atoms with Gasteiger partial charge in [0.2, 0.25) is 5.01 Å². The number of carbonyl (C=O) groups is 1. The molecule has 0 aliphatic rings. The van der Waals surface area contributed by atoms with E-state index < -0.39 is 0 Å². The molecule has 0 saturated heterocycles. The Morgan fingerprint density at radius 2 is 1.86 bits per heavy atom. The number of benzene rings is 1. The highest BCUT2D eigenvalue weighted by atomic mass is 32.2. The van der Waals surface area contributed by atoms with E-state index in [-0.39, 0.29) is 16.7 Å². The Morgan fingerprint density at radius 3 is 2.62 bits per heavy atom. The van der Waals surface area contributed by atoms with Crippen LogP contribution in [-0.4, -0.2) is 35.9 Å². The van der Waals surface area contributed by atoms with Crippen LogP contribution in [0, 0.1) is 5.82 Å². The van der Waals surface area contributed by atoms with Gasteiger partial charge in [0.1, 0.15) is 10.8 Å². The van der Waals surface area contributed by atoms with Gasteiger partial charge in [0.15, 0.2) is 11.0 Å². The van der Waals surface area contributed by atoms with Gasteiger partial charge in [-0.2, -0.15) is 0 Å². The number of hydrogen-bond donors (Lipinski definition) is 1. The first-order chi connectivity index (χ1) is 14.1. The highest BCUT2D eigenvalue weighted by Crippen LogP contribution is 2.26. The maximum absolute atomic E-state index is 13.0. The molecule has 0 spiro atoms. The van der Waals surface area contributed by atoms with E-state index >= 15 is 0 Å². The van der Waals surface area contributed by atoms with Gasteiger partial charge in [-0.3, -0.25) is 9.78 Å². The Balaban J connectivity index is 1.39. The standard InChI is InChI=1S/C18H14FN7OS2/c1-26-15(11-6-8-20-9-7-11)23-25-18(26)28-10-14-22-24-17(29-14)16(27)21-13-4-2-12(19)3-5-13/h2-9H,10H2,1H3,(H,21,27). The van der Waals surface area contributed by atoms with Gasteiger partial charge in [0.25, 0.3) is 5.91 Å². The number of nitrogens with one attached hydrogen (secondary N) is 1. The van der Waals surface area contributed by atoms with Crippen molar-refractivity contribution in [2.24, 2.45) is 7.05 Å². The zero-order chi connectivity index (χ0) is 20.2. The van der Waals surface area contributed by atoms with Crippen LogP contribution in [0.3, 0.4) is 0 Å². The topological polar surface area (TPSA) is 98.5 Å². The first-order valence-electron chi connectivity index (χ1n) is 8.42. The summed E-state index contributed by atoms with van der Waals surface area (Å²) in [7, 11) is 1.89. The van der Waals surface area contributed by atoms with E-state index in [1.54, 1.807) is 12.4 Å². The van der Waals surface area contributed by atoms with Crippen LogP contribution in [0.15, 0.2) is 53.9 Å². The van der Waals surface area contributed by atoms with Crippen LogP contribution in [0.2, 0.25) is 0 Å². The minimum Gasteiger partial charge on any atom is -0.320 e. The first-order valence-corrected chi connectivity index (χ1v) is 10.2. The molecule has 3 aromatic heterocycles. The average molecular weight is 427 g/mol. The molecule has 1 aromatic carbocycles. The first kappa shape index (κ1) is 19.2. The molecule has 3 heterocycles. The number of halogens is 1. The number of nitrogens with zero attached hydrogens (tertiary/aromatic N) is 6. The van der Waals surface area contributed by atoms with Gasteiger partial charge >= 0.3 is 0 Å². The van der Waals surface area contributed by atoms with E-state index in [9.17, 15) is 9.18 Å². The molecule has 0 aliphatic carbocycles. The summed E-state index contributed by atoms with van der Waals surface area (Å²) >= 11 is 2.65. The Labute approximate surface area is 173 Å².